The Balaban J connectivity index is 1.77. The van der Waals surface area contributed by atoms with Gasteiger partial charge in [-0.05, 0) is 49.2 Å². The number of carbonyl (C=O) groups is 2. The van der Waals surface area contributed by atoms with Crippen LogP contribution in [0.3, 0.4) is 0 Å². The minimum absolute atomic E-state index is 0.0224. The standard InChI is InChI=1S/C24H19ClN2O2S/c1-13-18(12-19(28)15-6-4-3-5-7-15)14(2)27-24-20(13)21(26)23(30-24)22(29)16-8-10-17(25)11-9-16/h3-11H,12,26H2,1-2H3. The summed E-state index contributed by atoms with van der Waals surface area (Å²) in [5.74, 6) is -0.139. The van der Waals surface area contributed by atoms with E-state index in [0.29, 0.717) is 31.5 Å². The van der Waals surface area contributed by atoms with E-state index in [1.54, 1.807) is 36.4 Å². The Labute approximate surface area is 183 Å². The highest BCUT2D eigenvalue weighted by atomic mass is 35.5. The van der Waals surface area contributed by atoms with Crippen LogP contribution in [0.4, 0.5) is 5.69 Å². The number of carbonyl (C=O) groups excluding carboxylic acids is 2. The van der Waals surface area contributed by atoms with Crippen LogP contribution >= 0.6 is 22.9 Å². The van der Waals surface area contributed by atoms with Crippen LogP contribution in [-0.2, 0) is 6.42 Å². The van der Waals surface area contributed by atoms with E-state index in [1.807, 2.05) is 32.0 Å². The molecule has 6 heteroatoms. The lowest BCUT2D eigenvalue weighted by Gasteiger charge is -2.10. The number of nitrogens with two attached hydrogens (primary N) is 1. The first-order valence-corrected chi connectivity index (χ1v) is 10.6. The summed E-state index contributed by atoms with van der Waals surface area (Å²) < 4.78 is 0. The maximum atomic E-state index is 13.0. The second-order valence-corrected chi connectivity index (χ2v) is 8.56. The van der Waals surface area contributed by atoms with Crippen LogP contribution in [0.25, 0.3) is 10.2 Å². The Morgan fingerprint density at radius 1 is 1.00 bits per heavy atom. The lowest BCUT2D eigenvalue weighted by Crippen LogP contribution is -2.08. The molecule has 2 aromatic heterocycles. The van der Waals surface area contributed by atoms with E-state index in [9.17, 15) is 9.59 Å². The van der Waals surface area contributed by atoms with E-state index in [1.165, 1.54) is 11.3 Å². The molecule has 0 bridgehead atoms. The van der Waals surface area contributed by atoms with Gasteiger partial charge in [0.2, 0.25) is 5.78 Å². The highest BCUT2D eigenvalue weighted by Crippen LogP contribution is 2.38. The van der Waals surface area contributed by atoms with Crippen molar-refractivity contribution in [2.45, 2.75) is 20.3 Å². The van der Waals surface area contributed by atoms with E-state index in [2.05, 4.69) is 4.98 Å². The highest BCUT2D eigenvalue weighted by molar-refractivity contribution is 7.21. The van der Waals surface area contributed by atoms with Gasteiger partial charge in [0, 0.05) is 33.7 Å². The largest absolute Gasteiger partial charge is 0.397 e. The molecule has 0 aliphatic rings. The third-order valence-corrected chi connectivity index (χ3v) is 6.56. The van der Waals surface area contributed by atoms with E-state index in [4.69, 9.17) is 17.3 Å². The summed E-state index contributed by atoms with van der Waals surface area (Å²) in [5, 5.41) is 1.32. The van der Waals surface area contributed by atoms with E-state index < -0.39 is 0 Å². The van der Waals surface area contributed by atoms with Gasteiger partial charge in [0.15, 0.2) is 5.78 Å². The molecule has 0 aliphatic carbocycles. The number of aryl methyl sites for hydroxylation is 2. The second-order valence-electron chi connectivity index (χ2n) is 7.13. The number of Topliss-reactive ketones (excluding diaryl/α,β-unsaturated/α-hetero) is 1. The second kappa shape index (κ2) is 8.01. The molecule has 0 amide bonds. The van der Waals surface area contributed by atoms with Crippen molar-refractivity contribution in [3.63, 3.8) is 0 Å². The van der Waals surface area contributed by atoms with Crippen molar-refractivity contribution < 1.29 is 9.59 Å². The Morgan fingerprint density at radius 3 is 2.33 bits per heavy atom. The summed E-state index contributed by atoms with van der Waals surface area (Å²) in [7, 11) is 0. The number of fused-ring (bicyclic) bond motifs is 1. The highest BCUT2D eigenvalue weighted by Gasteiger charge is 2.23. The number of nitrogens with zero attached hydrogens (tertiary/aromatic N) is 1. The Hall–Kier alpha value is -3.02. The molecular weight excluding hydrogens is 416 g/mol. The molecule has 0 saturated carbocycles. The first-order valence-electron chi connectivity index (χ1n) is 9.43. The molecule has 0 radical (unpaired) electrons. The Kier molecular flexibility index (Phi) is 5.41. The van der Waals surface area contributed by atoms with Crippen molar-refractivity contribution in [2.75, 3.05) is 5.73 Å². The molecule has 150 valence electrons. The molecule has 4 nitrogen and oxygen atoms in total. The lowest BCUT2D eigenvalue weighted by molar-refractivity contribution is 0.0991. The number of benzene rings is 2. The van der Waals surface area contributed by atoms with Gasteiger partial charge in [-0.1, -0.05) is 41.9 Å². The molecule has 30 heavy (non-hydrogen) atoms. The molecule has 2 heterocycles. The zero-order valence-electron chi connectivity index (χ0n) is 16.5. The number of hydrogen-bond acceptors (Lipinski definition) is 5. The molecule has 0 unspecified atom stereocenters. The summed E-state index contributed by atoms with van der Waals surface area (Å²) >= 11 is 7.21. The van der Waals surface area contributed by atoms with Gasteiger partial charge >= 0.3 is 0 Å². The van der Waals surface area contributed by atoms with Gasteiger partial charge in [-0.25, -0.2) is 4.98 Å². The lowest BCUT2D eigenvalue weighted by atomic mass is 9.96. The molecule has 4 aromatic rings. The Morgan fingerprint density at radius 2 is 1.67 bits per heavy atom. The molecule has 4 rings (SSSR count). The Bertz CT molecular complexity index is 1280. The summed E-state index contributed by atoms with van der Waals surface area (Å²) in [6.45, 7) is 3.82. The first kappa shape index (κ1) is 20.3. The molecule has 0 aliphatic heterocycles. The maximum Gasteiger partial charge on any atom is 0.205 e. The minimum Gasteiger partial charge on any atom is -0.397 e. The van der Waals surface area contributed by atoms with Gasteiger partial charge in [-0.2, -0.15) is 0 Å². The number of anilines is 1. The van der Waals surface area contributed by atoms with Crippen LogP contribution in [0.1, 0.15) is 42.4 Å². The number of halogens is 1. The number of hydrogen-bond donors (Lipinski definition) is 1. The van der Waals surface area contributed by atoms with Crippen molar-refractivity contribution in [3.05, 3.63) is 92.4 Å². The monoisotopic (exact) mass is 434 g/mol. The number of rotatable bonds is 5. The minimum atomic E-state index is -0.161. The van der Waals surface area contributed by atoms with Gasteiger partial charge in [0.05, 0.1) is 5.69 Å². The van der Waals surface area contributed by atoms with Gasteiger partial charge in [0.25, 0.3) is 0 Å². The molecule has 2 aromatic carbocycles. The van der Waals surface area contributed by atoms with E-state index >= 15 is 0 Å². The fourth-order valence-electron chi connectivity index (χ4n) is 3.56. The van der Waals surface area contributed by atoms with Gasteiger partial charge in [-0.3, -0.25) is 9.59 Å². The SMILES string of the molecule is Cc1nc2sc(C(=O)c3ccc(Cl)cc3)c(N)c2c(C)c1CC(=O)c1ccccc1. The van der Waals surface area contributed by atoms with Crippen LogP contribution in [0, 0.1) is 13.8 Å². The molecule has 0 fully saturated rings. The first-order chi connectivity index (χ1) is 14.4. The van der Waals surface area contributed by atoms with Crippen molar-refractivity contribution in [2.24, 2.45) is 0 Å². The summed E-state index contributed by atoms with van der Waals surface area (Å²) in [6, 6.07) is 15.9. The number of thiophene rings is 1. The van der Waals surface area contributed by atoms with Crippen LogP contribution < -0.4 is 5.73 Å². The molecule has 2 N–H and O–H groups in total. The third-order valence-electron chi connectivity index (χ3n) is 5.21. The van der Waals surface area contributed by atoms with Crippen molar-refractivity contribution in [1.29, 1.82) is 0 Å². The molecule has 0 saturated heterocycles. The average Bonchev–Trinajstić information content (AvgIpc) is 3.07. The predicted octanol–water partition coefficient (Wildman–Crippen LogP) is 5.81. The van der Waals surface area contributed by atoms with Gasteiger partial charge < -0.3 is 5.73 Å². The van der Waals surface area contributed by atoms with Crippen LogP contribution in [0.5, 0.6) is 0 Å². The predicted molar refractivity (Wildman–Crippen MR) is 123 cm³/mol. The molecule has 0 spiro atoms. The number of aromatic nitrogens is 1. The molecule has 0 atom stereocenters. The maximum absolute atomic E-state index is 13.0. The van der Waals surface area contributed by atoms with Gasteiger partial charge in [0.1, 0.15) is 9.71 Å². The van der Waals surface area contributed by atoms with Crippen molar-refractivity contribution in [1.82, 2.24) is 4.98 Å². The third kappa shape index (κ3) is 3.62. The molecular formula is C24H19ClN2O2S. The number of pyridine rings is 1. The quantitative estimate of drug-likeness (QED) is 0.402. The van der Waals surface area contributed by atoms with Gasteiger partial charge in [-0.15, -0.1) is 11.3 Å². The average molecular weight is 435 g/mol. The normalized spacial score (nSPS) is 11.0. The summed E-state index contributed by atoms with van der Waals surface area (Å²) in [6.07, 6.45) is 0.236. The summed E-state index contributed by atoms with van der Waals surface area (Å²) in [5.41, 5.74) is 10.5. The zero-order valence-corrected chi connectivity index (χ0v) is 18.1. The van der Waals surface area contributed by atoms with E-state index in [0.717, 1.165) is 22.2 Å². The van der Waals surface area contributed by atoms with E-state index in [-0.39, 0.29) is 18.0 Å². The topological polar surface area (TPSA) is 73.1 Å². The van der Waals surface area contributed by atoms with Crippen molar-refractivity contribution >= 4 is 50.4 Å². The fourth-order valence-corrected chi connectivity index (χ4v) is 4.85. The van der Waals surface area contributed by atoms with Crippen LogP contribution in [0.15, 0.2) is 54.6 Å². The van der Waals surface area contributed by atoms with Crippen LogP contribution in [0.2, 0.25) is 5.02 Å². The fraction of sp³-hybridized carbons (Fsp3) is 0.125. The summed E-state index contributed by atoms with van der Waals surface area (Å²) in [4.78, 5) is 31.6. The number of nitrogen functional groups attached to an aromatic ring is 1. The van der Waals surface area contributed by atoms with Crippen LogP contribution in [-0.4, -0.2) is 16.6 Å². The smallest absolute Gasteiger partial charge is 0.205 e. The number of ketones is 2. The van der Waals surface area contributed by atoms with Crippen molar-refractivity contribution in [3.8, 4) is 0 Å². The zero-order chi connectivity index (χ0) is 21.4.